The normalized spacial score (nSPS) is 22.1. The largest absolute Gasteiger partial charge is 0.366 e. The maximum atomic E-state index is 3.94. The van der Waals surface area contributed by atoms with E-state index in [0.717, 1.165) is 19.3 Å². The Bertz CT molecular complexity index is 3000. The minimum absolute atomic E-state index is 0.0113. The van der Waals surface area contributed by atoms with Gasteiger partial charge in [0.25, 0.3) is 0 Å². The summed E-state index contributed by atoms with van der Waals surface area (Å²) < 4.78 is 2.49. The van der Waals surface area contributed by atoms with Gasteiger partial charge in [-0.2, -0.15) is 0 Å². The van der Waals surface area contributed by atoms with E-state index in [-0.39, 0.29) is 24.2 Å². The number of para-hydroxylation sites is 1. The highest BCUT2D eigenvalue weighted by atomic mass is 15.2. The van der Waals surface area contributed by atoms with Crippen LogP contribution in [0.5, 0.6) is 0 Å². The summed E-state index contributed by atoms with van der Waals surface area (Å²) in [6.45, 7) is 0. The fourth-order valence-corrected chi connectivity index (χ4v) is 10.6. The number of anilines is 2. The Kier molecular flexibility index (Phi) is 9.11. The van der Waals surface area contributed by atoms with Crippen LogP contribution in [0.4, 0.5) is 11.4 Å². The van der Waals surface area contributed by atoms with Crippen LogP contribution in [0.1, 0.15) is 58.4 Å². The molecule has 0 radical (unpaired) electrons. The van der Waals surface area contributed by atoms with Crippen molar-refractivity contribution in [1.82, 2.24) is 15.2 Å². The second-order valence-corrected chi connectivity index (χ2v) is 17.2. The molecule has 1 aromatic heterocycles. The average Bonchev–Trinajstić information content (AvgIpc) is 3.87. The molecule has 3 aliphatic carbocycles. The molecule has 300 valence electrons. The Hall–Kier alpha value is -7.14. The number of allylic oxidation sites excluding steroid dienone is 6. The number of nitrogens with zero attached hydrogens (tertiary/aromatic N) is 2. The third-order valence-electron chi connectivity index (χ3n) is 13.6. The van der Waals surface area contributed by atoms with E-state index in [2.05, 4.69) is 233 Å². The predicted octanol–water partition coefficient (Wildman–Crippen LogP) is 13.2. The molecule has 4 heteroatoms. The lowest BCUT2D eigenvalue weighted by Crippen LogP contribution is -2.46. The van der Waals surface area contributed by atoms with Crippen molar-refractivity contribution in [2.45, 2.75) is 43.4 Å². The summed E-state index contributed by atoms with van der Waals surface area (Å²) in [6.07, 6.45) is 26.4. The zero-order chi connectivity index (χ0) is 41.0. The molecule has 0 amide bonds. The van der Waals surface area contributed by atoms with E-state index < -0.39 is 0 Å². The van der Waals surface area contributed by atoms with Crippen LogP contribution < -0.4 is 15.5 Å². The molecule has 0 bridgehead atoms. The quantitative estimate of drug-likeness (QED) is 0.168. The molecular formula is C58H48N4. The molecule has 5 atom stereocenters. The Morgan fingerprint density at radius 1 is 0.597 bits per heavy atom. The van der Waals surface area contributed by atoms with Crippen LogP contribution in [-0.2, 0) is 6.42 Å². The second kappa shape index (κ2) is 15.4. The number of nitrogens with one attached hydrogen (secondary N) is 2. The van der Waals surface area contributed by atoms with Gasteiger partial charge in [-0.25, -0.2) is 0 Å². The Morgan fingerprint density at radius 3 is 2.15 bits per heavy atom. The van der Waals surface area contributed by atoms with Crippen molar-refractivity contribution in [3.8, 4) is 16.8 Å². The van der Waals surface area contributed by atoms with Gasteiger partial charge in [0.1, 0.15) is 6.17 Å². The summed E-state index contributed by atoms with van der Waals surface area (Å²) in [4.78, 5) is 2.54. The van der Waals surface area contributed by atoms with Crippen molar-refractivity contribution in [3.63, 3.8) is 0 Å². The number of fused-ring (bicyclic) bond motifs is 6. The molecule has 0 saturated carbocycles. The van der Waals surface area contributed by atoms with Gasteiger partial charge in [-0.3, -0.25) is 5.32 Å². The minimum Gasteiger partial charge on any atom is -0.366 e. The molecule has 4 nitrogen and oxygen atoms in total. The van der Waals surface area contributed by atoms with Crippen molar-refractivity contribution < 1.29 is 0 Å². The van der Waals surface area contributed by atoms with Gasteiger partial charge in [0.05, 0.1) is 11.6 Å². The highest BCUT2D eigenvalue weighted by molar-refractivity contribution is 5.96. The zero-order valence-corrected chi connectivity index (χ0v) is 34.6. The molecule has 5 aliphatic rings. The van der Waals surface area contributed by atoms with Crippen LogP contribution in [0.3, 0.4) is 0 Å². The monoisotopic (exact) mass is 800 g/mol. The SMILES string of the molecule is C1=CCC(C2C=C(c3ccccc3)NC(c3ccc(N4c5ccccc5C5C=C(c6ccc7c(c6)c6c(n7-c7ccc(-c8ccccc8)cc7)CCC=C6)C=CC54)cc3)N2)C=C1. The van der Waals surface area contributed by atoms with E-state index >= 15 is 0 Å². The van der Waals surface area contributed by atoms with Gasteiger partial charge >= 0.3 is 0 Å². The summed E-state index contributed by atoms with van der Waals surface area (Å²) in [5, 5.41) is 9.10. The fraction of sp³-hybridized carbons (Fsp3) is 0.138. The molecule has 0 spiro atoms. The van der Waals surface area contributed by atoms with Crippen molar-refractivity contribution in [2.75, 3.05) is 4.90 Å². The molecule has 0 saturated heterocycles. The lowest BCUT2D eigenvalue weighted by Gasteiger charge is -2.36. The summed E-state index contributed by atoms with van der Waals surface area (Å²) in [7, 11) is 0. The first-order chi connectivity index (χ1) is 30.7. The lowest BCUT2D eigenvalue weighted by molar-refractivity contribution is 0.377. The zero-order valence-electron chi connectivity index (χ0n) is 34.6. The molecule has 0 fully saturated rings. The number of benzene rings is 6. The summed E-state index contributed by atoms with van der Waals surface area (Å²) in [5.41, 5.74) is 17.7. The van der Waals surface area contributed by atoms with Gasteiger partial charge in [-0.15, -0.1) is 0 Å². The molecule has 12 rings (SSSR count). The van der Waals surface area contributed by atoms with Crippen molar-refractivity contribution in [1.29, 1.82) is 0 Å². The van der Waals surface area contributed by atoms with E-state index in [4.69, 9.17) is 0 Å². The minimum atomic E-state index is -0.0113. The summed E-state index contributed by atoms with van der Waals surface area (Å²) in [5.74, 6) is 0.645. The van der Waals surface area contributed by atoms with Crippen LogP contribution in [0, 0.1) is 5.92 Å². The highest BCUT2D eigenvalue weighted by Crippen LogP contribution is 2.49. The average molecular weight is 801 g/mol. The van der Waals surface area contributed by atoms with Gasteiger partial charge in [-0.05, 0) is 113 Å². The van der Waals surface area contributed by atoms with Crippen LogP contribution in [0.25, 0.3) is 45.1 Å². The smallest absolute Gasteiger partial charge is 0.104 e. The lowest BCUT2D eigenvalue weighted by atomic mass is 9.86. The van der Waals surface area contributed by atoms with Crippen LogP contribution in [-0.4, -0.2) is 16.7 Å². The third kappa shape index (κ3) is 6.42. The van der Waals surface area contributed by atoms with Crippen molar-refractivity contribution >= 4 is 39.6 Å². The predicted molar refractivity (Wildman–Crippen MR) is 258 cm³/mol. The van der Waals surface area contributed by atoms with Crippen LogP contribution in [0.15, 0.2) is 206 Å². The Morgan fingerprint density at radius 2 is 1.34 bits per heavy atom. The second-order valence-electron chi connectivity index (χ2n) is 17.2. The van der Waals surface area contributed by atoms with Crippen LogP contribution >= 0.6 is 0 Å². The summed E-state index contributed by atoms with van der Waals surface area (Å²) >= 11 is 0. The Labute approximate surface area is 364 Å². The molecular weight excluding hydrogens is 753 g/mol. The first-order valence-corrected chi connectivity index (χ1v) is 22.2. The van der Waals surface area contributed by atoms with E-state index in [1.165, 1.54) is 83.9 Å². The standard InChI is InChI=1S/C58H48N4/c1-4-14-39(15-5-1)40-24-30-46(31-25-40)61-54-22-12-10-20-48(54)50-36-44(28-34-56(50)61)45-29-35-57-51(37-45)49-21-11-13-23-55(49)62(57)47-32-26-43(27-33-47)58-59-52(41-16-6-2-7-17-41)38-53(60-58)42-18-8-3-9-19-42/h1-11,13-18,20-21,23-38,42,51,53,57-60H,12,19,22H2. The van der Waals surface area contributed by atoms with Crippen LogP contribution in [0.2, 0.25) is 0 Å². The molecule has 2 N–H and O–H groups in total. The molecule has 62 heavy (non-hydrogen) atoms. The fourth-order valence-electron chi connectivity index (χ4n) is 10.6. The van der Waals surface area contributed by atoms with Gasteiger partial charge in [0.2, 0.25) is 0 Å². The summed E-state index contributed by atoms with van der Waals surface area (Å²) in [6, 6.07) is 56.2. The van der Waals surface area contributed by atoms with E-state index in [1.54, 1.807) is 0 Å². The maximum absolute atomic E-state index is 3.94. The van der Waals surface area contributed by atoms with Crippen molar-refractivity contribution in [2.24, 2.45) is 5.92 Å². The third-order valence-corrected chi connectivity index (χ3v) is 13.6. The van der Waals surface area contributed by atoms with Gasteiger partial charge in [-0.1, -0.05) is 164 Å². The van der Waals surface area contributed by atoms with E-state index in [9.17, 15) is 0 Å². The molecule has 7 aromatic rings. The molecule has 3 heterocycles. The number of hydrogen-bond donors (Lipinski definition) is 2. The molecule has 5 unspecified atom stereocenters. The first-order valence-electron chi connectivity index (χ1n) is 22.2. The molecule has 6 aromatic carbocycles. The van der Waals surface area contributed by atoms with E-state index in [1.807, 2.05) is 0 Å². The Balaban J connectivity index is 0.840. The topological polar surface area (TPSA) is 32.2 Å². The van der Waals surface area contributed by atoms with Gasteiger partial charge < -0.3 is 14.8 Å². The highest BCUT2D eigenvalue weighted by Gasteiger charge is 2.38. The molecule has 2 aliphatic heterocycles. The van der Waals surface area contributed by atoms with Crippen molar-refractivity contribution in [3.05, 3.63) is 240 Å². The first kappa shape index (κ1) is 36.7. The number of aromatic nitrogens is 1. The van der Waals surface area contributed by atoms with Gasteiger partial charge in [0, 0.05) is 51.4 Å². The van der Waals surface area contributed by atoms with Gasteiger partial charge in [0.15, 0.2) is 0 Å². The number of hydrogen-bond acceptors (Lipinski definition) is 3. The number of rotatable bonds is 7. The van der Waals surface area contributed by atoms with E-state index in [0.29, 0.717) is 5.92 Å². The maximum Gasteiger partial charge on any atom is 0.104 e.